The molecule has 3 rings (SSSR count). The van der Waals surface area contributed by atoms with Crippen molar-refractivity contribution < 1.29 is 9.53 Å². The lowest BCUT2D eigenvalue weighted by atomic mass is 10.1. The number of ether oxygens (including phenoxy) is 1. The third-order valence-corrected chi connectivity index (χ3v) is 4.11. The maximum Gasteiger partial charge on any atom is 0.319 e. The minimum atomic E-state index is -0.264. The summed E-state index contributed by atoms with van der Waals surface area (Å²) in [4.78, 5) is 20.6. The number of carbonyl (C=O) groups is 1. The van der Waals surface area contributed by atoms with Crippen LogP contribution in [0.25, 0.3) is 11.3 Å². The Hall–Kier alpha value is -3.41. The molecule has 0 radical (unpaired) electrons. The maximum absolute atomic E-state index is 12.2. The quantitative estimate of drug-likeness (QED) is 0.561. The van der Waals surface area contributed by atoms with E-state index in [9.17, 15) is 4.79 Å². The summed E-state index contributed by atoms with van der Waals surface area (Å²) in [5.74, 6) is 0.805. The first-order valence-corrected chi connectivity index (χ1v) is 9.37. The average Bonchev–Trinajstić information content (AvgIpc) is 2.75. The minimum absolute atomic E-state index is 0.264. The van der Waals surface area contributed by atoms with Crippen molar-refractivity contribution in [2.24, 2.45) is 0 Å². The Balaban J connectivity index is 1.50. The van der Waals surface area contributed by atoms with Crippen molar-refractivity contribution in [1.29, 1.82) is 0 Å². The number of carbonyl (C=O) groups excluding carboxylic acids is 1. The number of amides is 2. The van der Waals surface area contributed by atoms with Gasteiger partial charge in [-0.15, -0.1) is 0 Å². The van der Waals surface area contributed by atoms with Crippen molar-refractivity contribution in [2.45, 2.75) is 26.3 Å². The zero-order chi connectivity index (χ0) is 19.6. The number of nitrogens with zero attached hydrogens (tertiary/aromatic N) is 2. The average molecular weight is 376 g/mol. The number of aromatic nitrogens is 2. The topological polar surface area (TPSA) is 76.1 Å². The van der Waals surface area contributed by atoms with Crippen molar-refractivity contribution in [3.63, 3.8) is 0 Å². The van der Waals surface area contributed by atoms with Gasteiger partial charge in [0, 0.05) is 36.4 Å². The van der Waals surface area contributed by atoms with E-state index in [1.165, 1.54) is 0 Å². The normalized spacial score (nSPS) is 10.3. The van der Waals surface area contributed by atoms with Crippen LogP contribution in [0.4, 0.5) is 10.5 Å². The molecule has 0 bridgehead atoms. The zero-order valence-corrected chi connectivity index (χ0v) is 15.9. The third kappa shape index (κ3) is 5.81. The molecule has 0 saturated heterocycles. The third-order valence-electron chi connectivity index (χ3n) is 4.11. The molecular weight excluding hydrogens is 352 g/mol. The number of anilines is 1. The van der Waals surface area contributed by atoms with Crippen molar-refractivity contribution in [2.75, 3.05) is 11.9 Å². The summed E-state index contributed by atoms with van der Waals surface area (Å²) in [6, 6.07) is 14.7. The second kappa shape index (κ2) is 10.1. The molecule has 2 amide bonds. The van der Waals surface area contributed by atoms with Gasteiger partial charge < -0.3 is 15.4 Å². The van der Waals surface area contributed by atoms with Crippen LogP contribution in [0.3, 0.4) is 0 Å². The summed E-state index contributed by atoms with van der Waals surface area (Å²) in [6.45, 7) is 3.23. The van der Waals surface area contributed by atoms with E-state index in [2.05, 4.69) is 27.5 Å². The molecule has 2 aromatic heterocycles. The minimum Gasteiger partial charge on any atom is -0.494 e. The van der Waals surface area contributed by atoms with Gasteiger partial charge in [-0.05, 0) is 60.5 Å². The largest absolute Gasteiger partial charge is 0.494 e. The van der Waals surface area contributed by atoms with E-state index in [0.717, 1.165) is 35.4 Å². The summed E-state index contributed by atoms with van der Waals surface area (Å²) >= 11 is 0. The molecule has 0 fully saturated rings. The van der Waals surface area contributed by atoms with Gasteiger partial charge in [0.25, 0.3) is 0 Å². The number of benzene rings is 1. The van der Waals surface area contributed by atoms with Crippen LogP contribution in [0.15, 0.2) is 67.1 Å². The van der Waals surface area contributed by atoms with Crippen LogP contribution in [0.2, 0.25) is 0 Å². The van der Waals surface area contributed by atoms with E-state index in [1.807, 2.05) is 48.5 Å². The van der Waals surface area contributed by atoms with Gasteiger partial charge in [0.1, 0.15) is 5.75 Å². The summed E-state index contributed by atoms with van der Waals surface area (Å²) in [6.07, 6.45) is 7.35. The highest BCUT2D eigenvalue weighted by Gasteiger charge is 2.05. The Bertz CT molecular complexity index is 883. The zero-order valence-electron chi connectivity index (χ0n) is 15.9. The molecule has 0 aliphatic rings. The van der Waals surface area contributed by atoms with Crippen molar-refractivity contribution >= 4 is 11.7 Å². The fourth-order valence-electron chi connectivity index (χ4n) is 2.58. The Morgan fingerprint density at radius 2 is 1.96 bits per heavy atom. The highest BCUT2D eigenvalue weighted by Crippen LogP contribution is 2.17. The lowest BCUT2D eigenvalue weighted by Gasteiger charge is -2.10. The van der Waals surface area contributed by atoms with E-state index >= 15 is 0 Å². The SMILES string of the molecule is CCCCOc1ccc(NC(=O)NCc2ccnc(-c3cccnc3)c2)cc1. The van der Waals surface area contributed by atoms with Crippen molar-refractivity contribution in [1.82, 2.24) is 15.3 Å². The molecule has 2 heterocycles. The molecule has 1 aromatic carbocycles. The smallest absolute Gasteiger partial charge is 0.319 e. The second-order valence-corrected chi connectivity index (χ2v) is 6.33. The first kappa shape index (κ1) is 19.4. The molecule has 0 saturated carbocycles. The number of rotatable bonds is 8. The molecule has 3 aromatic rings. The molecule has 0 atom stereocenters. The highest BCUT2D eigenvalue weighted by molar-refractivity contribution is 5.89. The highest BCUT2D eigenvalue weighted by atomic mass is 16.5. The molecule has 144 valence electrons. The molecule has 0 spiro atoms. The van der Waals surface area contributed by atoms with Crippen molar-refractivity contribution in [3.8, 4) is 17.0 Å². The molecular formula is C22H24N4O2. The van der Waals surface area contributed by atoms with Crippen molar-refractivity contribution in [3.05, 3.63) is 72.7 Å². The second-order valence-electron chi connectivity index (χ2n) is 6.33. The molecule has 6 nitrogen and oxygen atoms in total. The Kier molecular flexibility index (Phi) is 6.95. The van der Waals surface area contributed by atoms with Gasteiger partial charge in [-0.3, -0.25) is 9.97 Å². The lowest BCUT2D eigenvalue weighted by Crippen LogP contribution is -2.28. The van der Waals surface area contributed by atoms with Crippen LogP contribution in [0, 0.1) is 0 Å². The van der Waals surface area contributed by atoms with Gasteiger partial charge in [0.05, 0.1) is 12.3 Å². The van der Waals surface area contributed by atoms with Gasteiger partial charge in [-0.25, -0.2) is 4.79 Å². The Labute approximate surface area is 165 Å². The molecule has 28 heavy (non-hydrogen) atoms. The van der Waals surface area contributed by atoms with Gasteiger partial charge in [0.15, 0.2) is 0 Å². The van der Waals surface area contributed by atoms with E-state index in [-0.39, 0.29) is 6.03 Å². The maximum atomic E-state index is 12.2. The number of urea groups is 1. The van der Waals surface area contributed by atoms with E-state index in [4.69, 9.17) is 4.74 Å². The first-order valence-electron chi connectivity index (χ1n) is 9.37. The van der Waals surface area contributed by atoms with Crippen LogP contribution in [-0.4, -0.2) is 22.6 Å². The summed E-state index contributed by atoms with van der Waals surface area (Å²) < 4.78 is 5.62. The van der Waals surface area contributed by atoms with Crippen LogP contribution in [0.5, 0.6) is 5.75 Å². The van der Waals surface area contributed by atoms with Gasteiger partial charge in [0.2, 0.25) is 0 Å². The van der Waals surface area contributed by atoms with Crippen LogP contribution in [-0.2, 0) is 6.54 Å². The number of pyridine rings is 2. The van der Waals surface area contributed by atoms with E-state index < -0.39 is 0 Å². The van der Waals surface area contributed by atoms with Gasteiger partial charge in [-0.2, -0.15) is 0 Å². The van der Waals surface area contributed by atoms with E-state index in [0.29, 0.717) is 18.8 Å². The fraction of sp³-hybridized carbons (Fsp3) is 0.227. The molecule has 2 N–H and O–H groups in total. The Morgan fingerprint density at radius 1 is 1.11 bits per heavy atom. The summed E-state index contributed by atoms with van der Waals surface area (Å²) in [5, 5.41) is 5.68. The number of nitrogens with one attached hydrogen (secondary N) is 2. The predicted octanol–water partition coefficient (Wildman–Crippen LogP) is 4.64. The Morgan fingerprint density at radius 3 is 2.71 bits per heavy atom. The number of unbranched alkanes of at least 4 members (excludes halogenated alkanes) is 1. The van der Waals surface area contributed by atoms with Gasteiger partial charge in [-0.1, -0.05) is 13.3 Å². The standard InChI is InChI=1S/C22H24N4O2/c1-2-3-13-28-20-8-6-19(7-9-20)26-22(27)25-15-17-10-12-24-21(14-17)18-5-4-11-23-16-18/h4-12,14,16H,2-3,13,15H2,1H3,(H2,25,26,27). The number of hydrogen-bond donors (Lipinski definition) is 2. The van der Waals surface area contributed by atoms with Crippen LogP contribution < -0.4 is 15.4 Å². The van der Waals surface area contributed by atoms with E-state index in [1.54, 1.807) is 18.6 Å². The molecule has 0 aliphatic heterocycles. The molecule has 0 aliphatic carbocycles. The number of hydrogen-bond acceptors (Lipinski definition) is 4. The summed E-state index contributed by atoms with van der Waals surface area (Å²) in [7, 11) is 0. The van der Waals surface area contributed by atoms with Crippen LogP contribution in [0.1, 0.15) is 25.3 Å². The molecule has 0 unspecified atom stereocenters. The van der Waals surface area contributed by atoms with Crippen LogP contribution >= 0.6 is 0 Å². The van der Waals surface area contributed by atoms with Gasteiger partial charge >= 0.3 is 6.03 Å². The lowest BCUT2D eigenvalue weighted by molar-refractivity contribution is 0.251. The fourth-order valence-corrected chi connectivity index (χ4v) is 2.58. The monoisotopic (exact) mass is 376 g/mol. The molecule has 6 heteroatoms. The predicted molar refractivity (Wildman–Crippen MR) is 110 cm³/mol. The first-order chi connectivity index (χ1) is 13.7. The summed E-state index contributed by atoms with van der Waals surface area (Å²) in [5.41, 5.74) is 3.44.